The number of nitrogens with one attached hydrogen (secondary N) is 1. The van der Waals surface area contributed by atoms with Crippen molar-refractivity contribution >= 4 is 11.6 Å². The molecule has 4 rings (SSSR count). The summed E-state index contributed by atoms with van der Waals surface area (Å²) in [5.41, 5.74) is 1.42. The summed E-state index contributed by atoms with van der Waals surface area (Å²) >= 11 is 0. The average molecular weight is 348 g/mol. The minimum absolute atomic E-state index is 0.0253. The minimum atomic E-state index is -4.79. The molecule has 130 valence electrons. The molecule has 25 heavy (non-hydrogen) atoms. The Morgan fingerprint density at radius 1 is 1.04 bits per heavy atom. The fraction of sp³-hybridized carbons (Fsp3) is 0.278. The fourth-order valence-electron chi connectivity index (χ4n) is 3.15. The number of benzene rings is 2. The van der Waals surface area contributed by atoms with Crippen molar-refractivity contribution < 1.29 is 22.7 Å². The predicted molar refractivity (Wildman–Crippen MR) is 85.1 cm³/mol. The van der Waals surface area contributed by atoms with Gasteiger partial charge in [0.05, 0.1) is 5.56 Å². The van der Waals surface area contributed by atoms with Crippen LogP contribution in [0.2, 0.25) is 0 Å². The molecule has 2 aromatic rings. The number of nitrogens with zero attached hydrogens (tertiary/aromatic N) is 1. The molecule has 1 heterocycles. The minimum Gasteiger partial charge on any atom is -0.405 e. The third-order valence-electron chi connectivity index (χ3n) is 4.34. The number of ether oxygens (including phenoxy) is 1. The standard InChI is InChI=1S/C18H15F3N2O2/c19-18(20,21)25-15-8-4-2-6-13(15)16-22-14-7-3-1-5-12(14)17(24)23(16)11-9-10-11/h1-8,11,16,22H,9-10H2. The van der Waals surface area contributed by atoms with E-state index in [1.807, 2.05) is 0 Å². The van der Waals surface area contributed by atoms with E-state index in [0.29, 0.717) is 11.3 Å². The normalized spacial score (nSPS) is 20.0. The highest BCUT2D eigenvalue weighted by Crippen LogP contribution is 2.43. The Balaban J connectivity index is 1.78. The van der Waals surface area contributed by atoms with Gasteiger partial charge in [0, 0.05) is 17.3 Å². The molecule has 0 radical (unpaired) electrons. The van der Waals surface area contributed by atoms with Crippen LogP contribution in [-0.4, -0.2) is 23.2 Å². The van der Waals surface area contributed by atoms with Crippen LogP contribution in [0.3, 0.4) is 0 Å². The van der Waals surface area contributed by atoms with Gasteiger partial charge < -0.3 is 15.0 Å². The van der Waals surface area contributed by atoms with Crippen LogP contribution < -0.4 is 10.1 Å². The van der Waals surface area contributed by atoms with Gasteiger partial charge in [0.2, 0.25) is 0 Å². The van der Waals surface area contributed by atoms with E-state index >= 15 is 0 Å². The molecule has 1 N–H and O–H groups in total. The summed E-state index contributed by atoms with van der Waals surface area (Å²) < 4.78 is 42.4. The Hall–Kier alpha value is -2.70. The zero-order valence-electron chi connectivity index (χ0n) is 13.1. The Morgan fingerprint density at radius 2 is 1.72 bits per heavy atom. The van der Waals surface area contributed by atoms with Crippen molar-refractivity contribution in [3.63, 3.8) is 0 Å². The van der Waals surface area contributed by atoms with Crippen molar-refractivity contribution in [2.75, 3.05) is 5.32 Å². The number of halogens is 3. The highest BCUT2D eigenvalue weighted by Gasteiger charge is 2.43. The number of para-hydroxylation sites is 2. The number of alkyl halides is 3. The monoisotopic (exact) mass is 348 g/mol. The average Bonchev–Trinajstić information content (AvgIpc) is 3.38. The lowest BCUT2D eigenvalue weighted by Gasteiger charge is -2.39. The topological polar surface area (TPSA) is 41.6 Å². The molecule has 0 spiro atoms. The lowest BCUT2D eigenvalue weighted by Crippen LogP contribution is -2.44. The number of hydrogen-bond acceptors (Lipinski definition) is 3. The molecule has 1 unspecified atom stereocenters. The summed E-state index contributed by atoms with van der Waals surface area (Å²) in [6, 6.07) is 13.0. The van der Waals surface area contributed by atoms with Crippen molar-refractivity contribution in [2.45, 2.75) is 31.4 Å². The lowest BCUT2D eigenvalue weighted by atomic mass is 10.0. The molecule has 1 aliphatic carbocycles. The van der Waals surface area contributed by atoms with Crippen molar-refractivity contribution in [3.8, 4) is 5.75 Å². The summed E-state index contributed by atoms with van der Waals surface area (Å²) in [5.74, 6) is -0.478. The SMILES string of the molecule is O=C1c2ccccc2NC(c2ccccc2OC(F)(F)F)N1C1CC1. The summed E-state index contributed by atoms with van der Waals surface area (Å²) in [7, 11) is 0. The van der Waals surface area contributed by atoms with Crippen LogP contribution in [0.4, 0.5) is 18.9 Å². The quantitative estimate of drug-likeness (QED) is 0.898. The Kier molecular flexibility index (Phi) is 3.59. The van der Waals surface area contributed by atoms with E-state index in [2.05, 4.69) is 10.1 Å². The molecule has 1 saturated carbocycles. The van der Waals surface area contributed by atoms with E-state index in [1.165, 1.54) is 12.1 Å². The van der Waals surface area contributed by atoms with E-state index in [1.54, 1.807) is 41.3 Å². The number of carbonyl (C=O) groups excluding carboxylic acids is 1. The second kappa shape index (κ2) is 5.68. The van der Waals surface area contributed by atoms with Crippen LogP contribution in [0.1, 0.15) is 34.9 Å². The van der Waals surface area contributed by atoms with Gasteiger partial charge in [0.25, 0.3) is 5.91 Å². The van der Waals surface area contributed by atoms with Crippen LogP contribution in [0.5, 0.6) is 5.75 Å². The third kappa shape index (κ3) is 3.01. The number of carbonyl (C=O) groups is 1. The fourth-order valence-corrected chi connectivity index (χ4v) is 3.15. The predicted octanol–water partition coefficient (Wildman–Crippen LogP) is 4.31. The molecule has 1 amide bonds. The maximum absolute atomic E-state index is 12.9. The highest BCUT2D eigenvalue weighted by molar-refractivity contribution is 6.02. The summed E-state index contributed by atoms with van der Waals surface area (Å²) in [5, 5.41) is 3.20. The zero-order chi connectivity index (χ0) is 17.6. The van der Waals surface area contributed by atoms with Gasteiger partial charge in [0.1, 0.15) is 11.9 Å². The van der Waals surface area contributed by atoms with Crippen LogP contribution >= 0.6 is 0 Å². The number of amides is 1. The van der Waals surface area contributed by atoms with Crippen LogP contribution in [0.15, 0.2) is 48.5 Å². The molecule has 2 aromatic carbocycles. The van der Waals surface area contributed by atoms with Gasteiger partial charge in [-0.25, -0.2) is 0 Å². The molecule has 7 heteroatoms. The molecular formula is C18H15F3N2O2. The van der Waals surface area contributed by atoms with Crippen LogP contribution in [0, 0.1) is 0 Å². The van der Waals surface area contributed by atoms with E-state index in [-0.39, 0.29) is 23.3 Å². The molecule has 0 aromatic heterocycles. The van der Waals surface area contributed by atoms with Gasteiger partial charge in [-0.1, -0.05) is 30.3 Å². The van der Waals surface area contributed by atoms with E-state index in [4.69, 9.17) is 0 Å². The van der Waals surface area contributed by atoms with E-state index in [9.17, 15) is 18.0 Å². The van der Waals surface area contributed by atoms with Gasteiger partial charge in [-0.3, -0.25) is 4.79 Å². The molecular weight excluding hydrogens is 333 g/mol. The van der Waals surface area contributed by atoms with Crippen LogP contribution in [-0.2, 0) is 0 Å². The first-order valence-corrected chi connectivity index (χ1v) is 7.97. The number of rotatable bonds is 3. The smallest absolute Gasteiger partial charge is 0.405 e. The van der Waals surface area contributed by atoms with E-state index in [0.717, 1.165) is 12.8 Å². The maximum atomic E-state index is 12.9. The number of anilines is 1. The summed E-state index contributed by atoms with van der Waals surface area (Å²) in [4.78, 5) is 14.5. The maximum Gasteiger partial charge on any atom is 0.573 e. The number of fused-ring (bicyclic) bond motifs is 1. The van der Waals surface area contributed by atoms with Gasteiger partial charge >= 0.3 is 6.36 Å². The van der Waals surface area contributed by atoms with Crippen LogP contribution in [0.25, 0.3) is 0 Å². The summed E-state index contributed by atoms with van der Waals surface area (Å²) in [6.07, 6.45) is -3.81. The third-order valence-corrected chi connectivity index (χ3v) is 4.34. The van der Waals surface area contributed by atoms with Crippen molar-refractivity contribution in [2.24, 2.45) is 0 Å². The van der Waals surface area contributed by atoms with Crippen molar-refractivity contribution in [1.29, 1.82) is 0 Å². The van der Waals surface area contributed by atoms with Crippen molar-refractivity contribution in [3.05, 3.63) is 59.7 Å². The lowest BCUT2D eigenvalue weighted by molar-refractivity contribution is -0.275. The zero-order valence-corrected chi connectivity index (χ0v) is 13.1. The van der Waals surface area contributed by atoms with Crippen molar-refractivity contribution in [1.82, 2.24) is 4.90 Å². The first-order valence-electron chi connectivity index (χ1n) is 7.97. The second-order valence-electron chi connectivity index (χ2n) is 6.12. The Bertz CT molecular complexity index is 818. The first-order chi connectivity index (χ1) is 11.9. The molecule has 1 aliphatic heterocycles. The molecule has 2 aliphatic rings. The number of hydrogen-bond donors (Lipinski definition) is 1. The Morgan fingerprint density at radius 3 is 2.44 bits per heavy atom. The molecule has 1 atom stereocenters. The Labute approximate surface area is 142 Å². The molecule has 0 bridgehead atoms. The highest BCUT2D eigenvalue weighted by atomic mass is 19.4. The van der Waals surface area contributed by atoms with E-state index < -0.39 is 12.5 Å². The molecule has 1 fully saturated rings. The molecule has 0 saturated heterocycles. The largest absolute Gasteiger partial charge is 0.573 e. The second-order valence-corrected chi connectivity index (χ2v) is 6.12. The van der Waals surface area contributed by atoms with Gasteiger partial charge in [-0.15, -0.1) is 13.2 Å². The first kappa shape index (κ1) is 15.8. The van der Waals surface area contributed by atoms with Gasteiger partial charge in [-0.05, 0) is 31.0 Å². The van der Waals surface area contributed by atoms with Gasteiger partial charge in [-0.2, -0.15) is 0 Å². The molecule has 4 nitrogen and oxygen atoms in total. The summed E-state index contributed by atoms with van der Waals surface area (Å²) in [6.45, 7) is 0. The van der Waals surface area contributed by atoms with Gasteiger partial charge in [0.15, 0.2) is 0 Å².